The van der Waals surface area contributed by atoms with Crippen molar-refractivity contribution in [2.75, 3.05) is 6.61 Å². The van der Waals surface area contributed by atoms with Crippen molar-refractivity contribution in [2.24, 2.45) is 5.92 Å². The first-order valence-corrected chi connectivity index (χ1v) is 5.54. The Bertz CT molecular complexity index is 325. The summed E-state index contributed by atoms with van der Waals surface area (Å²) in [4.78, 5) is 0. The van der Waals surface area contributed by atoms with E-state index >= 15 is 0 Å². The van der Waals surface area contributed by atoms with Crippen LogP contribution >= 0.6 is 0 Å². The van der Waals surface area contributed by atoms with Gasteiger partial charge >= 0.3 is 11.4 Å². The molecule has 0 saturated carbocycles. The van der Waals surface area contributed by atoms with Gasteiger partial charge in [0.25, 0.3) is 0 Å². The molecule has 14 heavy (non-hydrogen) atoms. The van der Waals surface area contributed by atoms with Crippen LogP contribution in [0, 0.1) is 5.92 Å². The molecule has 1 heterocycles. The van der Waals surface area contributed by atoms with Gasteiger partial charge in [0.05, 0.1) is 6.61 Å². The molecule has 1 aromatic carbocycles. The third-order valence-electron chi connectivity index (χ3n) is 2.25. The van der Waals surface area contributed by atoms with Crippen molar-refractivity contribution in [2.45, 2.75) is 13.0 Å². The summed E-state index contributed by atoms with van der Waals surface area (Å²) in [5.41, 5.74) is 1.05. The first-order chi connectivity index (χ1) is 6.77. The van der Waals surface area contributed by atoms with E-state index in [0.717, 1.165) is 5.56 Å². The molecular formula is C10H12O3S. The van der Waals surface area contributed by atoms with Crippen molar-refractivity contribution in [3.05, 3.63) is 35.9 Å². The van der Waals surface area contributed by atoms with Crippen LogP contribution in [0.1, 0.15) is 18.6 Å². The molecule has 76 valence electrons. The van der Waals surface area contributed by atoms with Gasteiger partial charge in [-0.2, -0.15) is 4.21 Å². The third-order valence-corrected chi connectivity index (χ3v) is 2.95. The van der Waals surface area contributed by atoms with E-state index in [0.29, 0.717) is 6.61 Å². The summed E-state index contributed by atoms with van der Waals surface area (Å²) in [5.74, 6) is 0.232. The molecule has 3 nitrogen and oxygen atoms in total. The van der Waals surface area contributed by atoms with Gasteiger partial charge in [0.2, 0.25) is 0 Å². The van der Waals surface area contributed by atoms with Gasteiger partial charge in [-0.3, -0.25) is 8.37 Å². The van der Waals surface area contributed by atoms with Crippen LogP contribution in [-0.2, 0) is 19.7 Å². The Kier molecular flexibility index (Phi) is 2.96. The van der Waals surface area contributed by atoms with E-state index in [-0.39, 0.29) is 12.0 Å². The van der Waals surface area contributed by atoms with Gasteiger partial charge in [-0.1, -0.05) is 37.3 Å². The van der Waals surface area contributed by atoms with Crippen molar-refractivity contribution < 1.29 is 12.6 Å². The normalized spacial score (nSPS) is 32.8. The summed E-state index contributed by atoms with van der Waals surface area (Å²) in [6.07, 6.45) is -0.120. The number of hydrogen-bond acceptors (Lipinski definition) is 3. The molecule has 0 aliphatic carbocycles. The van der Waals surface area contributed by atoms with Crippen LogP contribution < -0.4 is 0 Å². The van der Waals surface area contributed by atoms with Crippen molar-refractivity contribution >= 4 is 11.4 Å². The molecule has 4 heteroatoms. The van der Waals surface area contributed by atoms with Gasteiger partial charge < -0.3 is 0 Å². The zero-order valence-electron chi connectivity index (χ0n) is 7.88. The van der Waals surface area contributed by atoms with Crippen LogP contribution in [0.15, 0.2) is 30.3 Å². The second-order valence-electron chi connectivity index (χ2n) is 3.39. The standard InChI is InChI=1S/C10H12O3S/c1-8-7-12-14(11)13-10(8)9-5-3-2-4-6-9/h2-6,8,10H,7H2,1H3/t8-,10+,14?/m1/s1. The number of benzene rings is 1. The van der Waals surface area contributed by atoms with E-state index < -0.39 is 11.4 Å². The summed E-state index contributed by atoms with van der Waals surface area (Å²) < 4.78 is 21.2. The molecule has 1 unspecified atom stereocenters. The average Bonchev–Trinajstić information content (AvgIpc) is 2.23. The highest BCUT2D eigenvalue weighted by Gasteiger charge is 2.28. The zero-order chi connectivity index (χ0) is 9.97. The lowest BCUT2D eigenvalue weighted by atomic mass is 9.98. The Morgan fingerprint density at radius 2 is 2.07 bits per heavy atom. The SMILES string of the molecule is C[C@@H]1COS(=O)O[C@@H]1c1ccccc1. The minimum Gasteiger partial charge on any atom is -0.268 e. The van der Waals surface area contributed by atoms with E-state index in [4.69, 9.17) is 8.37 Å². The van der Waals surface area contributed by atoms with E-state index in [2.05, 4.69) is 0 Å². The fourth-order valence-corrected chi connectivity index (χ4v) is 2.34. The summed E-state index contributed by atoms with van der Waals surface area (Å²) in [6.45, 7) is 2.50. The van der Waals surface area contributed by atoms with Crippen molar-refractivity contribution in [1.82, 2.24) is 0 Å². The van der Waals surface area contributed by atoms with E-state index in [1.165, 1.54) is 0 Å². The molecule has 1 aliphatic heterocycles. The second kappa shape index (κ2) is 4.21. The Labute approximate surface area is 85.9 Å². The fraction of sp³-hybridized carbons (Fsp3) is 0.400. The highest BCUT2D eigenvalue weighted by Crippen LogP contribution is 2.30. The minimum atomic E-state index is -1.59. The Hall–Kier alpha value is -0.710. The van der Waals surface area contributed by atoms with Gasteiger partial charge in [0.15, 0.2) is 0 Å². The fourth-order valence-electron chi connectivity index (χ4n) is 1.48. The maximum atomic E-state index is 11.1. The summed E-state index contributed by atoms with van der Waals surface area (Å²) in [7, 11) is 0. The van der Waals surface area contributed by atoms with Crippen LogP contribution in [0.25, 0.3) is 0 Å². The highest BCUT2D eigenvalue weighted by atomic mass is 32.2. The monoisotopic (exact) mass is 212 g/mol. The summed E-state index contributed by atoms with van der Waals surface area (Å²) in [6, 6.07) is 9.80. The lowest BCUT2D eigenvalue weighted by Crippen LogP contribution is -2.26. The smallest absolute Gasteiger partial charge is 0.268 e. The predicted octanol–water partition coefficient (Wildman–Crippen LogP) is 1.99. The lowest BCUT2D eigenvalue weighted by molar-refractivity contribution is 0.0600. The molecule has 0 N–H and O–H groups in total. The maximum absolute atomic E-state index is 11.1. The molecule has 3 atom stereocenters. The van der Waals surface area contributed by atoms with E-state index in [9.17, 15) is 4.21 Å². The molecule has 1 saturated heterocycles. The van der Waals surface area contributed by atoms with Crippen molar-refractivity contribution in [3.63, 3.8) is 0 Å². The lowest BCUT2D eigenvalue weighted by Gasteiger charge is -2.27. The summed E-state index contributed by atoms with van der Waals surface area (Å²) in [5, 5.41) is 0. The zero-order valence-corrected chi connectivity index (χ0v) is 8.70. The van der Waals surface area contributed by atoms with E-state index in [1.807, 2.05) is 37.3 Å². The molecule has 1 fully saturated rings. The summed E-state index contributed by atoms with van der Waals surface area (Å²) >= 11 is -1.59. The van der Waals surface area contributed by atoms with Gasteiger partial charge in [0.1, 0.15) is 6.10 Å². The first-order valence-electron chi connectivity index (χ1n) is 4.54. The largest absolute Gasteiger partial charge is 0.305 e. The third kappa shape index (κ3) is 2.03. The maximum Gasteiger partial charge on any atom is 0.305 e. The number of hydrogen-bond donors (Lipinski definition) is 0. The van der Waals surface area contributed by atoms with Crippen LogP contribution in [0.3, 0.4) is 0 Å². The Morgan fingerprint density at radius 3 is 2.79 bits per heavy atom. The van der Waals surface area contributed by atoms with Crippen LogP contribution in [-0.4, -0.2) is 10.8 Å². The molecule has 2 rings (SSSR count). The first kappa shape index (κ1) is 9.83. The van der Waals surface area contributed by atoms with Crippen LogP contribution in [0.2, 0.25) is 0 Å². The minimum absolute atomic E-state index is 0.120. The Morgan fingerprint density at radius 1 is 1.36 bits per heavy atom. The predicted molar refractivity (Wildman–Crippen MR) is 53.5 cm³/mol. The molecule has 1 aliphatic rings. The number of rotatable bonds is 1. The van der Waals surface area contributed by atoms with E-state index in [1.54, 1.807) is 0 Å². The van der Waals surface area contributed by atoms with Gasteiger partial charge in [-0.05, 0) is 5.56 Å². The van der Waals surface area contributed by atoms with Crippen LogP contribution in [0.4, 0.5) is 0 Å². The average molecular weight is 212 g/mol. The Balaban J connectivity index is 2.20. The van der Waals surface area contributed by atoms with Gasteiger partial charge in [-0.15, -0.1) is 0 Å². The highest BCUT2D eigenvalue weighted by molar-refractivity contribution is 7.75. The molecule has 0 bridgehead atoms. The molecule has 0 amide bonds. The quantitative estimate of drug-likeness (QED) is 0.714. The molecular weight excluding hydrogens is 200 g/mol. The van der Waals surface area contributed by atoms with Gasteiger partial charge in [0, 0.05) is 5.92 Å². The topological polar surface area (TPSA) is 35.5 Å². The molecule has 0 spiro atoms. The van der Waals surface area contributed by atoms with Crippen molar-refractivity contribution in [3.8, 4) is 0 Å². The molecule has 0 radical (unpaired) electrons. The molecule has 1 aromatic rings. The van der Waals surface area contributed by atoms with Crippen LogP contribution in [0.5, 0.6) is 0 Å². The second-order valence-corrected chi connectivity index (χ2v) is 4.23. The molecule has 0 aromatic heterocycles. The van der Waals surface area contributed by atoms with Crippen molar-refractivity contribution in [1.29, 1.82) is 0 Å². The van der Waals surface area contributed by atoms with Gasteiger partial charge in [-0.25, -0.2) is 0 Å².